The lowest BCUT2D eigenvalue weighted by atomic mass is 9.95. The van der Waals surface area contributed by atoms with Gasteiger partial charge in [0.2, 0.25) is 0 Å². The number of carbonyl (C=O) groups excluding carboxylic acids is 2. The van der Waals surface area contributed by atoms with Crippen LogP contribution in [0.3, 0.4) is 0 Å². The van der Waals surface area contributed by atoms with Crippen molar-refractivity contribution in [3.8, 4) is 11.3 Å². The van der Waals surface area contributed by atoms with Crippen molar-refractivity contribution in [2.45, 2.75) is 12.1 Å². The van der Waals surface area contributed by atoms with E-state index in [1.54, 1.807) is 4.90 Å². The maximum absolute atomic E-state index is 13.5. The van der Waals surface area contributed by atoms with Crippen LogP contribution in [0.4, 0.5) is 4.79 Å². The fourth-order valence-corrected chi connectivity index (χ4v) is 3.65. The molecule has 4 rings (SSSR count). The first-order chi connectivity index (χ1) is 15.1. The second-order valence-electron chi connectivity index (χ2n) is 7.47. The molecule has 0 fully saturated rings. The Morgan fingerprint density at radius 2 is 1.90 bits per heavy atom. The Kier molecular flexibility index (Phi) is 5.88. The molecule has 0 saturated carbocycles. The summed E-state index contributed by atoms with van der Waals surface area (Å²) >= 11 is 0. The number of aromatic nitrogens is 2. The van der Waals surface area contributed by atoms with Crippen molar-refractivity contribution < 1.29 is 9.59 Å². The van der Waals surface area contributed by atoms with Crippen LogP contribution in [0.15, 0.2) is 72.9 Å². The van der Waals surface area contributed by atoms with Gasteiger partial charge in [-0.3, -0.25) is 4.79 Å². The monoisotopic (exact) mass is 413 g/mol. The fourth-order valence-electron chi connectivity index (χ4n) is 3.65. The maximum atomic E-state index is 13.5. The molecule has 3 amide bonds. The Morgan fingerprint density at radius 3 is 2.61 bits per heavy atom. The van der Waals surface area contributed by atoms with E-state index in [0.29, 0.717) is 12.4 Å². The standard InChI is InChI=1S/C23H24BN5O2/c1-25-23(31)28-20(16-6-3-2-4-7-16)22(30)29-13-5-8-19(29)21-26-14-18(27-21)15-9-11-17(24)12-10-15/h2-12,14,19-20H,13,24H2,1H3,(H,26,27)(H2,25,28,31)/t19-,20?/m0/s1. The van der Waals surface area contributed by atoms with Gasteiger partial charge < -0.3 is 20.5 Å². The number of hydrogen-bond acceptors (Lipinski definition) is 3. The highest BCUT2D eigenvalue weighted by Gasteiger charge is 2.34. The molecule has 8 heteroatoms. The van der Waals surface area contributed by atoms with E-state index < -0.39 is 12.1 Å². The molecule has 3 N–H and O–H groups in total. The Morgan fingerprint density at radius 1 is 1.16 bits per heavy atom. The first kappa shape index (κ1) is 20.5. The Labute approximate surface area is 182 Å². The normalized spacial score (nSPS) is 16.2. The molecule has 7 nitrogen and oxygen atoms in total. The quantitative estimate of drug-likeness (QED) is 0.437. The number of H-pyrrole nitrogens is 1. The van der Waals surface area contributed by atoms with Gasteiger partial charge in [0.25, 0.3) is 5.91 Å². The summed E-state index contributed by atoms with van der Waals surface area (Å²) in [5.74, 6) is 0.488. The number of hydrogen-bond donors (Lipinski definition) is 3. The van der Waals surface area contributed by atoms with Crippen LogP contribution in [0.2, 0.25) is 0 Å². The smallest absolute Gasteiger partial charge is 0.315 e. The van der Waals surface area contributed by atoms with Gasteiger partial charge in [-0.05, 0) is 5.56 Å². The average molecular weight is 413 g/mol. The van der Waals surface area contributed by atoms with Gasteiger partial charge in [0.05, 0.1) is 5.69 Å². The largest absolute Gasteiger partial charge is 0.346 e. The molecule has 0 radical (unpaired) electrons. The van der Waals surface area contributed by atoms with Gasteiger partial charge in [0, 0.05) is 25.4 Å². The van der Waals surface area contributed by atoms with E-state index in [0.717, 1.165) is 16.8 Å². The second kappa shape index (κ2) is 8.91. The number of nitrogens with zero attached hydrogens (tertiary/aromatic N) is 2. The third-order valence-electron chi connectivity index (χ3n) is 5.35. The number of rotatable bonds is 5. The molecule has 1 aromatic heterocycles. The SMILES string of the molecule is Bc1ccc(-c2c[nH]c([C@@H]3C=CCN3C(=O)C(NC(=O)NC)c3ccccc3)n2)cc1. The molecule has 2 heterocycles. The van der Waals surface area contributed by atoms with Crippen molar-refractivity contribution in [1.29, 1.82) is 0 Å². The summed E-state index contributed by atoms with van der Waals surface area (Å²) in [5, 5.41) is 5.29. The molecule has 0 saturated heterocycles. The predicted molar refractivity (Wildman–Crippen MR) is 123 cm³/mol. The van der Waals surface area contributed by atoms with Crippen LogP contribution >= 0.6 is 0 Å². The van der Waals surface area contributed by atoms with Crippen molar-refractivity contribution in [3.63, 3.8) is 0 Å². The average Bonchev–Trinajstić information content (AvgIpc) is 3.47. The predicted octanol–water partition coefficient (Wildman–Crippen LogP) is 1.44. The molecule has 1 aliphatic rings. The Bertz CT molecular complexity index is 1090. The molecule has 0 spiro atoms. The van der Waals surface area contributed by atoms with Gasteiger partial charge in [-0.15, -0.1) is 0 Å². The van der Waals surface area contributed by atoms with Gasteiger partial charge >= 0.3 is 6.03 Å². The second-order valence-corrected chi connectivity index (χ2v) is 7.47. The fraction of sp³-hybridized carbons (Fsp3) is 0.174. The van der Waals surface area contributed by atoms with Crippen molar-refractivity contribution in [2.75, 3.05) is 13.6 Å². The summed E-state index contributed by atoms with van der Waals surface area (Å²) in [6.07, 6.45) is 5.75. The minimum atomic E-state index is -0.796. The van der Waals surface area contributed by atoms with Gasteiger partial charge in [0.1, 0.15) is 25.8 Å². The van der Waals surface area contributed by atoms with E-state index in [9.17, 15) is 9.59 Å². The minimum Gasteiger partial charge on any atom is -0.346 e. The molecule has 2 aromatic carbocycles. The van der Waals surface area contributed by atoms with Crippen LogP contribution in [0.5, 0.6) is 0 Å². The summed E-state index contributed by atoms with van der Waals surface area (Å²) in [7, 11) is 3.57. The van der Waals surface area contributed by atoms with E-state index >= 15 is 0 Å². The summed E-state index contributed by atoms with van der Waals surface area (Å²) in [6.45, 7) is 0.447. The van der Waals surface area contributed by atoms with Crippen LogP contribution in [-0.2, 0) is 4.79 Å². The van der Waals surface area contributed by atoms with Crippen molar-refractivity contribution in [1.82, 2.24) is 25.5 Å². The molecular formula is C23H24BN5O2. The highest BCUT2D eigenvalue weighted by Crippen LogP contribution is 2.29. The number of aromatic amines is 1. The van der Waals surface area contributed by atoms with E-state index in [-0.39, 0.29) is 11.9 Å². The first-order valence-electron chi connectivity index (χ1n) is 10.2. The summed E-state index contributed by atoms with van der Waals surface area (Å²) < 4.78 is 0. The van der Waals surface area contributed by atoms with E-state index in [1.165, 1.54) is 12.5 Å². The lowest BCUT2D eigenvalue weighted by molar-refractivity contribution is -0.134. The molecule has 1 aliphatic heterocycles. The molecule has 1 unspecified atom stereocenters. The number of imidazole rings is 1. The van der Waals surface area contributed by atoms with Crippen LogP contribution < -0.4 is 16.1 Å². The number of nitrogens with one attached hydrogen (secondary N) is 3. The Hall–Kier alpha value is -3.81. The van der Waals surface area contributed by atoms with Gasteiger partial charge in [-0.2, -0.15) is 0 Å². The zero-order valence-electron chi connectivity index (χ0n) is 17.5. The Balaban J connectivity index is 1.59. The number of carbonyl (C=O) groups is 2. The van der Waals surface area contributed by atoms with Gasteiger partial charge in [0.15, 0.2) is 0 Å². The molecule has 156 valence electrons. The summed E-state index contributed by atoms with van der Waals surface area (Å²) in [4.78, 5) is 35.2. The highest BCUT2D eigenvalue weighted by molar-refractivity contribution is 6.32. The minimum absolute atomic E-state index is 0.196. The molecule has 0 bridgehead atoms. The van der Waals surface area contributed by atoms with Crippen LogP contribution in [0.25, 0.3) is 11.3 Å². The van der Waals surface area contributed by atoms with Crippen LogP contribution in [-0.4, -0.2) is 48.2 Å². The topological polar surface area (TPSA) is 90.1 Å². The molecule has 3 aromatic rings. The third-order valence-corrected chi connectivity index (χ3v) is 5.35. The molecule has 2 atom stereocenters. The lowest BCUT2D eigenvalue weighted by Gasteiger charge is -2.28. The zero-order chi connectivity index (χ0) is 21.8. The van der Waals surface area contributed by atoms with Crippen molar-refractivity contribution in [2.24, 2.45) is 0 Å². The first-order valence-corrected chi connectivity index (χ1v) is 10.2. The third kappa shape index (κ3) is 4.38. The zero-order valence-corrected chi connectivity index (χ0v) is 17.5. The van der Waals surface area contributed by atoms with Crippen LogP contribution in [0.1, 0.15) is 23.5 Å². The van der Waals surface area contributed by atoms with Crippen molar-refractivity contribution >= 4 is 25.2 Å². The van der Waals surface area contributed by atoms with Gasteiger partial charge in [-0.1, -0.05) is 72.2 Å². The van der Waals surface area contributed by atoms with Gasteiger partial charge in [-0.25, -0.2) is 9.78 Å². The van der Waals surface area contributed by atoms with Crippen LogP contribution in [0, 0.1) is 0 Å². The summed E-state index contributed by atoms with van der Waals surface area (Å²) in [5.41, 5.74) is 3.74. The summed E-state index contributed by atoms with van der Waals surface area (Å²) in [6, 6.07) is 15.9. The number of urea groups is 1. The van der Waals surface area contributed by atoms with E-state index in [1.807, 2.05) is 80.8 Å². The highest BCUT2D eigenvalue weighted by atomic mass is 16.2. The number of amides is 3. The number of benzene rings is 2. The molecular weight excluding hydrogens is 389 g/mol. The van der Waals surface area contributed by atoms with E-state index in [2.05, 4.69) is 15.6 Å². The maximum Gasteiger partial charge on any atom is 0.315 e. The van der Waals surface area contributed by atoms with Crippen molar-refractivity contribution in [3.05, 3.63) is 84.3 Å². The molecule has 0 aliphatic carbocycles. The molecule has 31 heavy (non-hydrogen) atoms. The van der Waals surface area contributed by atoms with E-state index in [4.69, 9.17) is 4.98 Å². The lowest BCUT2D eigenvalue weighted by Crippen LogP contribution is -2.45.